The van der Waals surface area contributed by atoms with Gasteiger partial charge >= 0.3 is 0 Å². The van der Waals surface area contributed by atoms with Crippen molar-refractivity contribution in [3.63, 3.8) is 0 Å². The number of amides is 1. The number of benzene rings is 2. The molecule has 2 bridgehead atoms. The highest BCUT2D eigenvalue weighted by molar-refractivity contribution is 7.99. The summed E-state index contributed by atoms with van der Waals surface area (Å²) in [5, 5.41) is 0.371. The fourth-order valence-corrected chi connectivity index (χ4v) is 11.8. The number of aryl methyl sites for hydroxylation is 1. The average Bonchev–Trinajstić information content (AvgIpc) is 3.18. The topological polar surface area (TPSA) is 105 Å². The molecule has 268 valence electrons. The van der Waals surface area contributed by atoms with Gasteiger partial charge in [0.1, 0.15) is 5.75 Å². The van der Waals surface area contributed by atoms with Crippen molar-refractivity contribution in [3.8, 4) is 5.75 Å². The second-order valence-electron chi connectivity index (χ2n) is 15.5. The Morgan fingerprint density at radius 2 is 1.88 bits per heavy atom. The van der Waals surface area contributed by atoms with Crippen LogP contribution in [0.3, 0.4) is 0 Å². The molecule has 7 atom stereocenters. The summed E-state index contributed by atoms with van der Waals surface area (Å²) in [4.78, 5) is 16.1. The van der Waals surface area contributed by atoms with Gasteiger partial charge in [0.05, 0.1) is 40.5 Å². The first-order valence-electron chi connectivity index (χ1n) is 17.8. The number of ether oxygens (including phenoxy) is 2. The van der Waals surface area contributed by atoms with Gasteiger partial charge in [0.25, 0.3) is 5.91 Å². The smallest absolute Gasteiger partial charge is 0.262 e. The molecule has 7 rings (SSSR count). The van der Waals surface area contributed by atoms with Gasteiger partial charge in [-0.2, -0.15) is 4.31 Å². The van der Waals surface area contributed by atoms with Crippen molar-refractivity contribution in [3.05, 3.63) is 58.1 Å². The van der Waals surface area contributed by atoms with Crippen molar-refractivity contribution < 1.29 is 26.9 Å². The van der Waals surface area contributed by atoms with Crippen molar-refractivity contribution in [2.75, 3.05) is 50.5 Å². The number of sulfonamides is 1. The van der Waals surface area contributed by atoms with Crippen LogP contribution in [0.5, 0.6) is 5.75 Å². The Balaban J connectivity index is 1.32. The molecule has 2 aromatic rings. The maximum atomic E-state index is 13.9. The fraction of sp³-hybridized carbons (Fsp3) is 0.622. The van der Waals surface area contributed by atoms with Crippen LogP contribution < -0.4 is 14.4 Å². The van der Waals surface area contributed by atoms with Crippen LogP contribution in [0.15, 0.2) is 36.4 Å². The van der Waals surface area contributed by atoms with Crippen LogP contribution in [0.1, 0.15) is 80.3 Å². The molecule has 2 fully saturated rings. The second kappa shape index (κ2) is 13.0. The number of hydrogen-bond acceptors (Lipinski definition) is 7. The molecular formula is C37H50ClN3O6S2. The van der Waals surface area contributed by atoms with E-state index in [9.17, 15) is 17.4 Å². The van der Waals surface area contributed by atoms with E-state index in [1.165, 1.54) is 17.4 Å². The van der Waals surface area contributed by atoms with Gasteiger partial charge in [-0.05, 0) is 117 Å². The standard InChI is InChI=1S/C37H50ClN3O6S2/c1-25-7-5-16-37(23-41(17-18-47-37)49(4,44)45)32-12-9-29(32)21-40-22-36(15-6-8-27-19-30(38)11-13-31(27)36)24-46-34-14-10-28(20-33(34)40)35(42)39-48(3,43)26(25)2/h10-11,13-14,19-20,25-26,29,32H,3,5-9,12,15-18,21-24H2,1-2,4H3,(H,39,42,43)/t25-,26+,29-,32+,36-,37?,48?/m0/s1. The van der Waals surface area contributed by atoms with E-state index in [-0.39, 0.29) is 28.4 Å². The largest absolute Gasteiger partial charge is 0.490 e. The monoisotopic (exact) mass is 731 g/mol. The first-order chi connectivity index (χ1) is 23.2. The molecule has 0 aromatic heterocycles. The van der Waals surface area contributed by atoms with E-state index >= 15 is 0 Å². The van der Waals surface area contributed by atoms with E-state index in [1.807, 2.05) is 25.1 Å². The molecule has 2 aliphatic carbocycles. The van der Waals surface area contributed by atoms with Gasteiger partial charge < -0.3 is 14.4 Å². The van der Waals surface area contributed by atoms with Crippen LogP contribution >= 0.6 is 11.6 Å². The minimum Gasteiger partial charge on any atom is -0.490 e. The summed E-state index contributed by atoms with van der Waals surface area (Å²) in [7, 11) is -6.38. The van der Waals surface area contributed by atoms with Gasteiger partial charge in [-0.25, -0.2) is 12.6 Å². The number of carbonyl (C=O) groups is 1. The summed E-state index contributed by atoms with van der Waals surface area (Å²) < 4.78 is 57.5. The van der Waals surface area contributed by atoms with Crippen LogP contribution in [0.2, 0.25) is 5.02 Å². The molecular weight excluding hydrogens is 682 g/mol. The quantitative estimate of drug-likeness (QED) is 0.390. The SMILES string of the molecule is C=S1(=O)NC(=O)c2ccc3c(c2)N(C[C@@H]2CC[C@H]2C2(CCC[C@H](C)[C@H]1C)CN(S(C)(=O)=O)CCO2)C[C@@]1(CCCc2cc(Cl)ccc21)CO3. The zero-order valence-corrected chi connectivity index (χ0v) is 31.3. The third-order valence-corrected chi connectivity index (χ3v) is 16.1. The Bertz CT molecular complexity index is 1840. The Labute approximate surface area is 297 Å². The van der Waals surface area contributed by atoms with E-state index in [0.29, 0.717) is 44.8 Å². The van der Waals surface area contributed by atoms with Crippen LogP contribution in [0.25, 0.3) is 0 Å². The third-order valence-electron chi connectivity index (χ3n) is 12.4. The van der Waals surface area contributed by atoms with Gasteiger partial charge in [0, 0.05) is 47.4 Å². The van der Waals surface area contributed by atoms with E-state index < -0.39 is 31.2 Å². The summed E-state index contributed by atoms with van der Waals surface area (Å²) in [5.74, 6) is 4.78. The molecule has 2 unspecified atom stereocenters. The molecule has 1 amide bonds. The first-order valence-corrected chi connectivity index (χ1v) is 21.8. The molecule has 1 saturated carbocycles. The number of nitrogens with zero attached hydrogens (tertiary/aromatic N) is 2. The van der Waals surface area contributed by atoms with Crippen LogP contribution in [-0.4, -0.2) is 85.2 Å². The molecule has 1 saturated heterocycles. The molecule has 1 N–H and O–H groups in total. The Morgan fingerprint density at radius 1 is 1.06 bits per heavy atom. The molecule has 5 aliphatic rings. The summed E-state index contributed by atoms with van der Waals surface area (Å²) in [6.45, 7) is 6.95. The van der Waals surface area contributed by atoms with Crippen molar-refractivity contribution in [1.29, 1.82) is 0 Å². The van der Waals surface area contributed by atoms with Crippen LogP contribution in [0.4, 0.5) is 5.69 Å². The number of morpholine rings is 1. The van der Waals surface area contributed by atoms with Gasteiger partial charge in [0.2, 0.25) is 10.0 Å². The van der Waals surface area contributed by atoms with Gasteiger partial charge in [-0.3, -0.25) is 9.52 Å². The second-order valence-corrected chi connectivity index (χ2v) is 20.3. The lowest BCUT2D eigenvalue weighted by Gasteiger charge is -2.54. The summed E-state index contributed by atoms with van der Waals surface area (Å²) >= 11 is 6.47. The van der Waals surface area contributed by atoms with E-state index in [2.05, 4.69) is 34.5 Å². The predicted molar refractivity (Wildman–Crippen MR) is 197 cm³/mol. The van der Waals surface area contributed by atoms with Crippen molar-refractivity contribution >= 4 is 48.8 Å². The zero-order chi connectivity index (χ0) is 34.8. The average molecular weight is 732 g/mol. The van der Waals surface area contributed by atoms with E-state index in [4.69, 9.17) is 21.1 Å². The third kappa shape index (κ3) is 6.63. The lowest BCUT2D eigenvalue weighted by molar-refractivity contribution is -0.165. The maximum Gasteiger partial charge on any atom is 0.262 e. The Kier molecular flexibility index (Phi) is 9.33. The van der Waals surface area contributed by atoms with Gasteiger partial charge in [0.15, 0.2) is 0 Å². The number of hydrogen-bond donors (Lipinski definition) is 1. The van der Waals surface area contributed by atoms with Crippen molar-refractivity contribution in [1.82, 2.24) is 9.03 Å². The molecule has 2 spiro atoms. The first kappa shape index (κ1) is 35.1. The molecule has 3 heterocycles. The minimum absolute atomic E-state index is 0.0161. The summed E-state index contributed by atoms with van der Waals surface area (Å²) in [5.41, 5.74) is 2.90. The lowest BCUT2D eigenvalue weighted by Crippen LogP contribution is -2.62. The number of carbonyl (C=O) groups excluding carboxylic acids is 1. The number of fused-ring (bicyclic) bond motifs is 5. The number of halogens is 1. The number of nitrogens with one attached hydrogen (secondary N) is 1. The molecule has 12 heteroatoms. The summed E-state index contributed by atoms with van der Waals surface area (Å²) in [6, 6.07) is 11.7. The molecule has 9 nitrogen and oxygen atoms in total. The predicted octanol–water partition coefficient (Wildman–Crippen LogP) is 5.44. The molecule has 2 aromatic carbocycles. The highest BCUT2D eigenvalue weighted by Gasteiger charge is 2.53. The number of anilines is 1. The van der Waals surface area contributed by atoms with Crippen LogP contribution in [-0.2, 0) is 36.3 Å². The Hall–Kier alpha value is -2.31. The minimum atomic E-state index is -3.40. The summed E-state index contributed by atoms with van der Waals surface area (Å²) in [6.07, 6.45) is 8.49. The highest BCUT2D eigenvalue weighted by Crippen LogP contribution is 2.51. The van der Waals surface area contributed by atoms with E-state index in [0.717, 1.165) is 68.0 Å². The van der Waals surface area contributed by atoms with Gasteiger partial charge in [-0.1, -0.05) is 31.0 Å². The van der Waals surface area contributed by atoms with E-state index in [1.54, 1.807) is 10.4 Å². The molecule has 49 heavy (non-hydrogen) atoms. The van der Waals surface area contributed by atoms with Crippen molar-refractivity contribution in [2.24, 2.45) is 17.8 Å². The van der Waals surface area contributed by atoms with Gasteiger partial charge in [-0.15, -0.1) is 0 Å². The highest BCUT2D eigenvalue weighted by atomic mass is 35.5. The Morgan fingerprint density at radius 3 is 2.63 bits per heavy atom. The van der Waals surface area contributed by atoms with Crippen molar-refractivity contribution in [2.45, 2.75) is 81.5 Å². The maximum absolute atomic E-state index is 13.9. The lowest BCUT2D eigenvalue weighted by atomic mass is 9.62. The number of rotatable bonds is 1. The fourth-order valence-electron chi connectivity index (χ4n) is 9.28. The van der Waals surface area contributed by atoms with Crippen LogP contribution in [0, 0.1) is 17.8 Å². The molecule has 3 aliphatic heterocycles. The normalized spacial score (nSPS) is 35.8. The molecule has 0 radical (unpaired) electrons. The zero-order valence-electron chi connectivity index (χ0n) is 28.9.